The number of hydrogen-bond donors (Lipinski definition) is 1. The fourth-order valence-corrected chi connectivity index (χ4v) is 3.82. The second-order valence-corrected chi connectivity index (χ2v) is 6.46. The van der Waals surface area contributed by atoms with Gasteiger partial charge in [-0.2, -0.15) is 0 Å². The molecule has 3 rings (SSSR count). The molecule has 2 aliphatic carbocycles. The van der Waals surface area contributed by atoms with Crippen LogP contribution in [0.1, 0.15) is 62.7 Å². The van der Waals surface area contributed by atoms with E-state index in [-0.39, 0.29) is 6.10 Å². The Bertz CT molecular complexity index is 394. The molecular weight excluding hydrogens is 220 g/mol. The zero-order valence-electron chi connectivity index (χ0n) is 11.5. The highest BCUT2D eigenvalue weighted by molar-refractivity contribution is 5.28. The maximum absolute atomic E-state index is 10.5. The molecule has 0 saturated heterocycles. The Morgan fingerprint density at radius 3 is 1.94 bits per heavy atom. The average molecular weight is 244 g/mol. The summed E-state index contributed by atoms with van der Waals surface area (Å²) >= 11 is 0. The minimum Gasteiger partial charge on any atom is -0.388 e. The zero-order valence-corrected chi connectivity index (χ0v) is 11.5. The number of aliphatic hydroxyl groups is 1. The van der Waals surface area contributed by atoms with Gasteiger partial charge >= 0.3 is 0 Å². The molecule has 18 heavy (non-hydrogen) atoms. The van der Waals surface area contributed by atoms with Crippen LogP contribution >= 0.6 is 0 Å². The third-order valence-electron chi connectivity index (χ3n) is 5.03. The van der Waals surface area contributed by atoms with Crippen molar-refractivity contribution < 1.29 is 5.11 Å². The van der Waals surface area contributed by atoms with Gasteiger partial charge in [-0.25, -0.2) is 0 Å². The van der Waals surface area contributed by atoms with Crippen LogP contribution < -0.4 is 0 Å². The normalized spacial score (nSPS) is 32.1. The molecule has 0 aromatic heterocycles. The fraction of sp³-hybridized carbons (Fsp3) is 0.647. The Labute approximate surface area is 110 Å². The van der Waals surface area contributed by atoms with Gasteiger partial charge in [0.15, 0.2) is 0 Å². The summed E-state index contributed by atoms with van der Waals surface area (Å²) in [5.41, 5.74) is 2.48. The quantitative estimate of drug-likeness (QED) is 0.841. The van der Waals surface area contributed by atoms with E-state index in [1.807, 2.05) is 0 Å². The van der Waals surface area contributed by atoms with E-state index in [9.17, 15) is 5.11 Å². The Hall–Kier alpha value is -0.820. The lowest BCUT2D eigenvalue weighted by molar-refractivity contribution is 0.142. The van der Waals surface area contributed by atoms with E-state index in [0.29, 0.717) is 11.8 Å². The van der Waals surface area contributed by atoms with Gasteiger partial charge in [-0.05, 0) is 47.6 Å². The van der Waals surface area contributed by atoms with Crippen LogP contribution in [0.4, 0.5) is 0 Å². The molecule has 0 amide bonds. The molecule has 98 valence electrons. The number of fused-ring (bicyclic) bond motifs is 1. The number of rotatable bonds is 3. The standard InChI is InChI=1S/C17H24O/c1-11(2)12-7-9-13(10-8-12)17(18)16-14-5-3-4-6-15(14)16/h7-11,14-18H,3-6H2,1-2H3. The van der Waals surface area contributed by atoms with Crippen LogP contribution in [0, 0.1) is 17.8 Å². The molecule has 3 atom stereocenters. The van der Waals surface area contributed by atoms with Crippen LogP contribution in [-0.4, -0.2) is 5.11 Å². The molecule has 0 radical (unpaired) electrons. The van der Waals surface area contributed by atoms with E-state index in [0.717, 1.165) is 17.4 Å². The van der Waals surface area contributed by atoms with Crippen molar-refractivity contribution in [3.63, 3.8) is 0 Å². The van der Waals surface area contributed by atoms with Crippen molar-refractivity contribution in [2.45, 2.75) is 51.6 Å². The highest BCUT2D eigenvalue weighted by atomic mass is 16.3. The predicted octanol–water partition coefficient (Wildman–Crippen LogP) is 4.28. The van der Waals surface area contributed by atoms with Gasteiger partial charge in [-0.3, -0.25) is 0 Å². The first-order valence-electron chi connectivity index (χ1n) is 7.46. The van der Waals surface area contributed by atoms with E-state index < -0.39 is 0 Å². The van der Waals surface area contributed by atoms with Gasteiger partial charge in [0.2, 0.25) is 0 Å². The largest absolute Gasteiger partial charge is 0.388 e. The lowest BCUT2D eigenvalue weighted by atomic mass is 9.97. The smallest absolute Gasteiger partial charge is 0.0823 e. The van der Waals surface area contributed by atoms with Gasteiger partial charge < -0.3 is 5.11 Å². The molecular formula is C17H24O. The third kappa shape index (κ3) is 2.09. The molecule has 0 heterocycles. The Balaban J connectivity index is 1.71. The third-order valence-corrected chi connectivity index (χ3v) is 5.03. The second kappa shape index (κ2) is 4.70. The van der Waals surface area contributed by atoms with Crippen LogP contribution in [0.5, 0.6) is 0 Å². The van der Waals surface area contributed by atoms with Gasteiger partial charge in [0.05, 0.1) is 6.10 Å². The molecule has 3 unspecified atom stereocenters. The lowest BCUT2D eigenvalue weighted by Gasteiger charge is -2.12. The van der Waals surface area contributed by atoms with Crippen LogP contribution in [0.15, 0.2) is 24.3 Å². The van der Waals surface area contributed by atoms with Crippen LogP contribution in [0.25, 0.3) is 0 Å². The summed E-state index contributed by atoms with van der Waals surface area (Å²) in [6.07, 6.45) is 5.21. The maximum atomic E-state index is 10.5. The van der Waals surface area contributed by atoms with E-state index in [1.165, 1.54) is 31.2 Å². The van der Waals surface area contributed by atoms with Crippen molar-refractivity contribution >= 4 is 0 Å². The summed E-state index contributed by atoms with van der Waals surface area (Å²) in [6.45, 7) is 4.42. The Morgan fingerprint density at radius 1 is 0.944 bits per heavy atom. The minimum absolute atomic E-state index is 0.223. The maximum Gasteiger partial charge on any atom is 0.0823 e. The van der Waals surface area contributed by atoms with E-state index >= 15 is 0 Å². The van der Waals surface area contributed by atoms with Gasteiger partial charge in [0.1, 0.15) is 0 Å². The summed E-state index contributed by atoms with van der Waals surface area (Å²) in [5, 5.41) is 10.5. The van der Waals surface area contributed by atoms with Crippen molar-refractivity contribution in [3.05, 3.63) is 35.4 Å². The van der Waals surface area contributed by atoms with Gasteiger partial charge in [0, 0.05) is 0 Å². The summed E-state index contributed by atoms with van der Waals surface area (Å²) in [7, 11) is 0. The zero-order chi connectivity index (χ0) is 12.7. The first-order chi connectivity index (χ1) is 8.68. The topological polar surface area (TPSA) is 20.2 Å². The van der Waals surface area contributed by atoms with E-state index in [2.05, 4.69) is 38.1 Å². The summed E-state index contributed by atoms with van der Waals surface area (Å²) in [5.74, 6) is 2.76. The molecule has 2 saturated carbocycles. The minimum atomic E-state index is -0.223. The van der Waals surface area contributed by atoms with Crippen molar-refractivity contribution in [2.75, 3.05) is 0 Å². The highest BCUT2D eigenvalue weighted by Gasteiger charge is 2.54. The monoisotopic (exact) mass is 244 g/mol. The average Bonchev–Trinajstić information content (AvgIpc) is 3.12. The van der Waals surface area contributed by atoms with Crippen LogP contribution in [-0.2, 0) is 0 Å². The molecule has 1 aromatic rings. The molecule has 0 aliphatic heterocycles. The SMILES string of the molecule is CC(C)c1ccc(C(O)C2C3CCCCC32)cc1. The van der Waals surface area contributed by atoms with Gasteiger partial charge in [-0.1, -0.05) is 51.0 Å². The lowest BCUT2D eigenvalue weighted by Crippen LogP contribution is -2.02. The molecule has 1 heteroatoms. The van der Waals surface area contributed by atoms with E-state index in [1.54, 1.807) is 0 Å². The number of benzene rings is 1. The molecule has 2 fully saturated rings. The first kappa shape index (κ1) is 12.2. The van der Waals surface area contributed by atoms with Crippen molar-refractivity contribution in [1.82, 2.24) is 0 Å². The predicted molar refractivity (Wildman–Crippen MR) is 74.4 cm³/mol. The fourth-order valence-electron chi connectivity index (χ4n) is 3.82. The molecule has 1 N–H and O–H groups in total. The van der Waals surface area contributed by atoms with Crippen molar-refractivity contribution in [2.24, 2.45) is 17.8 Å². The molecule has 1 nitrogen and oxygen atoms in total. The molecule has 0 bridgehead atoms. The first-order valence-corrected chi connectivity index (χ1v) is 7.46. The van der Waals surface area contributed by atoms with Crippen LogP contribution in [0.2, 0.25) is 0 Å². The summed E-state index contributed by atoms with van der Waals surface area (Å²) < 4.78 is 0. The molecule has 2 aliphatic rings. The second-order valence-electron chi connectivity index (χ2n) is 6.46. The van der Waals surface area contributed by atoms with Gasteiger partial charge in [0.25, 0.3) is 0 Å². The van der Waals surface area contributed by atoms with Crippen LogP contribution in [0.3, 0.4) is 0 Å². The van der Waals surface area contributed by atoms with Gasteiger partial charge in [-0.15, -0.1) is 0 Å². The number of hydrogen-bond acceptors (Lipinski definition) is 1. The molecule has 0 spiro atoms. The molecule has 1 aromatic carbocycles. The van der Waals surface area contributed by atoms with Crippen molar-refractivity contribution in [1.29, 1.82) is 0 Å². The highest BCUT2D eigenvalue weighted by Crippen LogP contribution is 2.60. The summed E-state index contributed by atoms with van der Waals surface area (Å²) in [4.78, 5) is 0. The Morgan fingerprint density at radius 2 is 1.44 bits per heavy atom. The van der Waals surface area contributed by atoms with Crippen molar-refractivity contribution in [3.8, 4) is 0 Å². The van der Waals surface area contributed by atoms with E-state index in [4.69, 9.17) is 0 Å². The Kier molecular flexibility index (Phi) is 3.19. The summed E-state index contributed by atoms with van der Waals surface area (Å²) in [6, 6.07) is 8.61. The number of aliphatic hydroxyl groups excluding tert-OH is 1.